The fourth-order valence-corrected chi connectivity index (χ4v) is 2.65. The molecule has 1 rings (SSSR count). The highest BCUT2D eigenvalue weighted by Gasteiger charge is 2.43. The molecule has 15 heavy (non-hydrogen) atoms. The maximum absolute atomic E-state index is 12.0. The Morgan fingerprint density at radius 3 is 2.60 bits per heavy atom. The van der Waals surface area contributed by atoms with E-state index in [2.05, 4.69) is 18.5 Å². The summed E-state index contributed by atoms with van der Waals surface area (Å²) in [5.41, 5.74) is 5.46. The number of carbonyl (C=O) groups is 1. The van der Waals surface area contributed by atoms with Crippen LogP contribution >= 0.6 is 11.8 Å². The molecular formula is C11H22N2OS. The lowest BCUT2D eigenvalue weighted by Gasteiger charge is -2.40. The van der Waals surface area contributed by atoms with Gasteiger partial charge in [-0.2, -0.15) is 11.8 Å². The van der Waals surface area contributed by atoms with E-state index >= 15 is 0 Å². The van der Waals surface area contributed by atoms with E-state index < -0.39 is 0 Å². The van der Waals surface area contributed by atoms with Gasteiger partial charge in [0.25, 0.3) is 0 Å². The molecule has 1 atom stereocenters. The van der Waals surface area contributed by atoms with Crippen molar-refractivity contribution in [3.63, 3.8) is 0 Å². The van der Waals surface area contributed by atoms with Gasteiger partial charge in [0.2, 0.25) is 5.91 Å². The van der Waals surface area contributed by atoms with Crippen molar-refractivity contribution in [1.29, 1.82) is 0 Å². The predicted octanol–water partition coefficient (Wildman–Crippen LogP) is 1.37. The summed E-state index contributed by atoms with van der Waals surface area (Å²) in [4.78, 5) is 12.0. The molecule has 4 heteroatoms. The summed E-state index contributed by atoms with van der Waals surface area (Å²) in [6.45, 7) is 2.60. The molecule has 1 amide bonds. The van der Waals surface area contributed by atoms with Crippen molar-refractivity contribution in [2.75, 3.05) is 18.6 Å². The molecule has 3 N–H and O–H groups in total. The van der Waals surface area contributed by atoms with Gasteiger partial charge >= 0.3 is 0 Å². The van der Waals surface area contributed by atoms with E-state index in [1.165, 1.54) is 0 Å². The zero-order chi connectivity index (χ0) is 11.3. The Balaban J connectivity index is 2.45. The quantitative estimate of drug-likeness (QED) is 0.724. The molecule has 0 aromatic rings. The molecule has 3 nitrogen and oxygen atoms in total. The number of rotatable bonds is 6. The third-order valence-electron chi connectivity index (χ3n) is 3.38. The van der Waals surface area contributed by atoms with E-state index in [0.717, 1.165) is 31.4 Å². The van der Waals surface area contributed by atoms with Gasteiger partial charge < -0.3 is 11.1 Å². The molecule has 0 bridgehead atoms. The number of thioether (sulfide) groups is 1. The first-order valence-corrected chi connectivity index (χ1v) is 7.08. The summed E-state index contributed by atoms with van der Waals surface area (Å²) in [7, 11) is 0. The van der Waals surface area contributed by atoms with Gasteiger partial charge in [0.05, 0.1) is 5.41 Å². The third kappa shape index (κ3) is 2.88. The third-order valence-corrected chi connectivity index (χ3v) is 4.11. The van der Waals surface area contributed by atoms with Gasteiger partial charge in [-0.15, -0.1) is 0 Å². The van der Waals surface area contributed by atoms with Crippen LogP contribution in [0.15, 0.2) is 0 Å². The highest BCUT2D eigenvalue weighted by molar-refractivity contribution is 7.98. The topological polar surface area (TPSA) is 55.1 Å². The van der Waals surface area contributed by atoms with E-state index in [0.29, 0.717) is 12.6 Å². The fourth-order valence-electron chi connectivity index (χ4n) is 1.93. The number of hydrogen-bond donors (Lipinski definition) is 2. The van der Waals surface area contributed by atoms with Gasteiger partial charge in [-0.05, 0) is 25.5 Å². The van der Waals surface area contributed by atoms with E-state index in [4.69, 9.17) is 5.73 Å². The van der Waals surface area contributed by atoms with E-state index in [1.54, 1.807) is 11.8 Å². The summed E-state index contributed by atoms with van der Waals surface area (Å²) in [5, 5.41) is 3.12. The molecule has 1 saturated carbocycles. The smallest absolute Gasteiger partial charge is 0.227 e. The van der Waals surface area contributed by atoms with Crippen LogP contribution in [-0.2, 0) is 4.79 Å². The minimum absolute atomic E-state index is 0.178. The molecule has 0 aliphatic heterocycles. The second-order valence-corrected chi connectivity index (χ2v) is 5.28. The zero-order valence-electron chi connectivity index (χ0n) is 9.71. The van der Waals surface area contributed by atoms with Crippen molar-refractivity contribution in [1.82, 2.24) is 5.32 Å². The van der Waals surface area contributed by atoms with Gasteiger partial charge in [0.15, 0.2) is 0 Å². The molecule has 1 aliphatic rings. The van der Waals surface area contributed by atoms with Crippen molar-refractivity contribution < 1.29 is 4.79 Å². The molecule has 0 heterocycles. The van der Waals surface area contributed by atoms with Crippen molar-refractivity contribution in [3.05, 3.63) is 0 Å². The summed E-state index contributed by atoms with van der Waals surface area (Å²) < 4.78 is 0. The van der Waals surface area contributed by atoms with Crippen LogP contribution in [0.1, 0.15) is 32.6 Å². The average molecular weight is 230 g/mol. The highest BCUT2D eigenvalue weighted by atomic mass is 32.2. The molecule has 1 unspecified atom stereocenters. The summed E-state index contributed by atoms with van der Waals surface area (Å²) in [6, 6.07) is 0.302. The van der Waals surface area contributed by atoms with Crippen LogP contribution in [0.2, 0.25) is 0 Å². The molecule has 1 aliphatic carbocycles. The Labute approximate surface area is 96.6 Å². The predicted molar refractivity (Wildman–Crippen MR) is 65.9 cm³/mol. The number of amides is 1. The normalized spacial score (nSPS) is 20.5. The van der Waals surface area contributed by atoms with Crippen LogP contribution in [0, 0.1) is 5.41 Å². The molecule has 0 spiro atoms. The van der Waals surface area contributed by atoms with E-state index in [9.17, 15) is 4.79 Å². The zero-order valence-corrected chi connectivity index (χ0v) is 10.5. The van der Waals surface area contributed by atoms with Crippen LogP contribution in [0.5, 0.6) is 0 Å². The minimum Gasteiger partial charge on any atom is -0.352 e. The van der Waals surface area contributed by atoms with Gasteiger partial charge in [-0.1, -0.05) is 13.3 Å². The van der Waals surface area contributed by atoms with Crippen molar-refractivity contribution in [2.45, 2.75) is 38.6 Å². The Morgan fingerprint density at radius 1 is 1.60 bits per heavy atom. The SMILES string of the molecule is CCC(CSC)NC(=O)C1(CN)CCC1. The number of nitrogens with one attached hydrogen (secondary N) is 1. The maximum Gasteiger partial charge on any atom is 0.227 e. The fraction of sp³-hybridized carbons (Fsp3) is 0.909. The van der Waals surface area contributed by atoms with Crippen LogP contribution in [0.3, 0.4) is 0 Å². The molecule has 0 radical (unpaired) electrons. The summed E-state index contributed by atoms with van der Waals surface area (Å²) >= 11 is 1.77. The van der Waals surface area contributed by atoms with Gasteiger partial charge in [-0.3, -0.25) is 4.79 Å². The van der Waals surface area contributed by atoms with Crippen molar-refractivity contribution in [3.8, 4) is 0 Å². The van der Waals surface area contributed by atoms with E-state index in [1.807, 2.05) is 0 Å². The summed E-state index contributed by atoms with van der Waals surface area (Å²) in [5.74, 6) is 1.17. The lowest BCUT2D eigenvalue weighted by Crippen LogP contribution is -2.53. The van der Waals surface area contributed by atoms with Crippen molar-refractivity contribution >= 4 is 17.7 Å². The minimum atomic E-state index is -0.230. The van der Waals surface area contributed by atoms with Gasteiger partial charge in [0, 0.05) is 18.3 Å². The molecule has 88 valence electrons. The Kier molecular flexibility index (Phi) is 4.93. The highest BCUT2D eigenvalue weighted by Crippen LogP contribution is 2.40. The Bertz CT molecular complexity index is 211. The second-order valence-electron chi connectivity index (χ2n) is 4.37. The van der Waals surface area contributed by atoms with Crippen LogP contribution < -0.4 is 11.1 Å². The monoisotopic (exact) mass is 230 g/mol. The lowest BCUT2D eigenvalue weighted by atomic mass is 9.68. The number of nitrogens with two attached hydrogens (primary N) is 1. The summed E-state index contributed by atoms with van der Waals surface area (Å²) in [6.07, 6.45) is 6.13. The molecule has 1 fully saturated rings. The first kappa shape index (κ1) is 12.8. The van der Waals surface area contributed by atoms with Gasteiger partial charge in [0.1, 0.15) is 0 Å². The Morgan fingerprint density at radius 2 is 2.27 bits per heavy atom. The average Bonchev–Trinajstić information content (AvgIpc) is 2.16. The molecule has 0 aromatic carbocycles. The Hall–Kier alpha value is -0.220. The van der Waals surface area contributed by atoms with E-state index in [-0.39, 0.29) is 11.3 Å². The molecule has 0 aromatic heterocycles. The number of carbonyl (C=O) groups excluding carboxylic acids is 1. The molecular weight excluding hydrogens is 208 g/mol. The lowest BCUT2D eigenvalue weighted by molar-refractivity contribution is -0.135. The second kappa shape index (κ2) is 5.75. The first-order valence-electron chi connectivity index (χ1n) is 5.68. The van der Waals surface area contributed by atoms with Crippen LogP contribution in [-0.4, -0.2) is 30.5 Å². The first-order chi connectivity index (χ1) is 7.18. The van der Waals surface area contributed by atoms with Crippen LogP contribution in [0.4, 0.5) is 0 Å². The standard InChI is InChI=1S/C11H22N2OS/c1-3-9(7-15-2)13-10(14)11(8-12)5-4-6-11/h9H,3-8,12H2,1-2H3,(H,13,14). The number of hydrogen-bond acceptors (Lipinski definition) is 3. The molecule has 0 saturated heterocycles. The van der Waals surface area contributed by atoms with Crippen molar-refractivity contribution in [2.24, 2.45) is 11.1 Å². The van der Waals surface area contributed by atoms with Gasteiger partial charge in [-0.25, -0.2) is 0 Å². The largest absolute Gasteiger partial charge is 0.352 e. The van der Waals surface area contributed by atoms with Crippen LogP contribution in [0.25, 0.3) is 0 Å². The maximum atomic E-state index is 12.0.